The van der Waals surface area contributed by atoms with Crippen molar-refractivity contribution in [2.24, 2.45) is 0 Å². The number of methoxy groups -OCH3 is 1. The second-order valence-corrected chi connectivity index (χ2v) is 7.79. The normalized spacial score (nSPS) is 13.9. The van der Waals surface area contributed by atoms with Crippen molar-refractivity contribution in [1.29, 1.82) is 0 Å². The molecule has 1 aliphatic heterocycles. The molecule has 0 saturated carbocycles. The Bertz CT molecular complexity index is 1070. The number of nitrogens with zero attached hydrogens (tertiary/aromatic N) is 3. The molecule has 0 unspecified atom stereocenters. The van der Waals surface area contributed by atoms with Gasteiger partial charge in [-0.1, -0.05) is 18.7 Å². The molecule has 0 atom stereocenters. The fourth-order valence-electron chi connectivity index (χ4n) is 3.65. The minimum absolute atomic E-state index is 0. The fraction of sp³-hybridized carbons (Fsp3) is 0.400. The second-order valence-electron chi connectivity index (χ2n) is 7.79. The molecule has 0 bridgehead atoms. The molecule has 2 heterocycles. The van der Waals surface area contributed by atoms with Gasteiger partial charge in [0.05, 0.1) is 25.6 Å². The molecule has 10 heteroatoms. The standard InChI is InChI=1S/C25H29FN4O4.U/c1-31-10-4-12-34-23-17-21(33-11-3-7-30-8-13-32-14-9-30)16-22-24(23)25(28-18-27-22)29-20-6-2-5-19(26)15-20;/h2,4-6,15-16,18H,3,7-14H2,1H3,(H,27,28,29);/q-2;+2. The average molecular weight is 707 g/mol. The Balaban J connectivity index is 0.00000342. The number of morpholine rings is 1. The SMILES string of the molecule is COC[CH-]COc1[c-]c(OCCCN2CCOCC2)cc2ncnc(Nc3cccc(F)c3)c12.[U+2]. The van der Waals surface area contributed by atoms with E-state index in [4.69, 9.17) is 18.9 Å². The Kier molecular flexibility index (Phi) is 11.5. The van der Waals surface area contributed by atoms with Crippen LogP contribution in [0.5, 0.6) is 11.5 Å². The van der Waals surface area contributed by atoms with Crippen LogP contribution in [0.3, 0.4) is 0 Å². The Morgan fingerprint density at radius 1 is 1.17 bits per heavy atom. The second kappa shape index (κ2) is 14.6. The van der Waals surface area contributed by atoms with Crippen molar-refractivity contribution in [2.45, 2.75) is 6.42 Å². The minimum atomic E-state index is -0.340. The van der Waals surface area contributed by atoms with Crippen molar-refractivity contribution < 1.29 is 54.5 Å². The predicted molar refractivity (Wildman–Crippen MR) is 127 cm³/mol. The van der Waals surface area contributed by atoms with E-state index in [2.05, 4.69) is 26.3 Å². The number of hydrogen-bond acceptors (Lipinski definition) is 8. The van der Waals surface area contributed by atoms with Gasteiger partial charge < -0.3 is 24.3 Å². The number of halogens is 1. The van der Waals surface area contributed by atoms with Crippen LogP contribution in [0, 0.1) is 49.4 Å². The summed E-state index contributed by atoms with van der Waals surface area (Å²) in [6.45, 7) is 5.75. The molecule has 1 N–H and O–H groups in total. The van der Waals surface area contributed by atoms with Crippen LogP contribution in [0.25, 0.3) is 10.9 Å². The molecule has 35 heavy (non-hydrogen) atoms. The summed E-state index contributed by atoms with van der Waals surface area (Å²) in [6, 6.07) is 11.2. The smallest absolute Gasteiger partial charge is 0.550 e. The molecule has 0 radical (unpaired) electrons. The van der Waals surface area contributed by atoms with Crippen molar-refractivity contribution in [3.63, 3.8) is 0 Å². The van der Waals surface area contributed by atoms with E-state index in [1.54, 1.807) is 19.2 Å². The van der Waals surface area contributed by atoms with Crippen molar-refractivity contribution in [3.05, 3.63) is 55.0 Å². The molecule has 3 aromatic rings. The van der Waals surface area contributed by atoms with E-state index in [0.29, 0.717) is 53.7 Å². The molecule has 2 aromatic carbocycles. The van der Waals surface area contributed by atoms with Crippen LogP contribution in [-0.2, 0) is 9.47 Å². The van der Waals surface area contributed by atoms with Crippen molar-refractivity contribution in [3.8, 4) is 11.5 Å². The summed E-state index contributed by atoms with van der Waals surface area (Å²) < 4.78 is 36.1. The maximum atomic E-state index is 13.7. The molecular weight excluding hydrogens is 677 g/mol. The van der Waals surface area contributed by atoms with E-state index in [-0.39, 0.29) is 36.9 Å². The van der Waals surface area contributed by atoms with Gasteiger partial charge in [0, 0.05) is 43.9 Å². The van der Waals surface area contributed by atoms with Crippen LogP contribution in [0.2, 0.25) is 0 Å². The maximum Gasteiger partial charge on any atom is 2.00 e. The number of nitrogens with one attached hydrogen (secondary N) is 1. The van der Waals surface area contributed by atoms with Crippen LogP contribution in [0.4, 0.5) is 15.9 Å². The molecule has 1 fully saturated rings. The number of anilines is 2. The molecule has 8 nitrogen and oxygen atoms in total. The summed E-state index contributed by atoms with van der Waals surface area (Å²) in [5, 5.41) is 3.79. The van der Waals surface area contributed by atoms with Gasteiger partial charge >= 0.3 is 31.1 Å². The number of ether oxygens (including phenoxy) is 4. The summed E-state index contributed by atoms with van der Waals surface area (Å²) in [5.41, 5.74) is 1.21. The summed E-state index contributed by atoms with van der Waals surface area (Å²) in [7, 11) is 1.62. The van der Waals surface area contributed by atoms with Crippen LogP contribution >= 0.6 is 0 Å². The largest absolute Gasteiger partial charge is 2.00 e. The zero-order valence-electron chi connectivity index (χ0n) is 19.8. The van der Waals surface area contributed by atoms with Crippen LogP contribution < -0.4 is 14.8 Å². The number of fused-ring (bicyclic) bond motifs is 1. The number of rotatable bonds is 12. The molecule has 0 amide bonds. The molecular formula is C25H29FN4O4U. The number of benzene rings is 2. The van der Waals surface area contributed by atoms with Gasteiger partial charge in [-0.25, -0.2) is 9.37 Å². The Hall–Kier alpha value is -1.96. The van der Waals surface area contributed by atoms with Gasteiger partial charge in [-0.15, -0.1) is 6.07 Å². The number of aromatic nitrogens is 2. The third-order valence-electron chi connectivity index (χ3n) is 5.31. The van der Waals surface area contributed by atoms with Gasteiger partial charge in [-0.05, 0) is 42.1 Å². The summed E-state index contributed by atoms with van der Waals surface area (Å²) in [4.78, 5) is 11.1. The Labute approximate surface area is 228 Å². The first kappa shape index (κ1) is 27.6. The minimum Gasteiger partial charge on any atom is -0.550 e. The molecule has 1 aliphatic rings. The fourth-order valence-corrected chi connectivity index (χ4v) is 3.65. The summed E-state index contributed by atoms with van der Waals surface area (Å²) >= 11 is 0. The zero-order valence-corrected chi connectivity index (χ0v) is 23.9. The van der Waals surface area contributed by atoms with E-state index >= 15 is 0 Å². The van der Waals surface area contributed by atoms with Crippen molar-refractivity contribution in [2.75, 3.05) is 65.1 Å². The van der Waals surface area contributed by atoms with E-state index in [9.17, 15) is 4.39 Å². The van der Waals surface area contributed by atoms with Crippen LogP contribution in [0.15, 0.2) is 36.7 Å². The van der Waals surface area contributed by atoms with Gasteiger partial charge in [0.1, 0.15) is 12.1 Å². The molecule has 4 rings (SSSR count). The first-order chi connectivity index (χ1) is 16.7. The molecule has 0 aliphatic carbocycles. The first-order valence-corrected chi connectivity index (χ1v) is 11.3. The van der Waals surface area contributed by atoms with E-state index in [1.807, 2.05) is 12.5 Å². The zero-order chi connectivity index (χ0) is 23.6. The summed E-state index contributed by atoms with van der Waals surface area (Å²) in [6.07, 6.45) is 4.20. The van der Waals surface area contributed by atoms with E-state index in [1.165, 1.54) is 18.5 Å². The van der Waals surface area contributed by atoms with Gasteiger partial charge in [0.25, 0.3) is 0 Å². The topological polar surface area (TPSA) is 78.0 Å². The van der Waals surface area contributed by atoms with Gasteiger partial charge in [0.2, 0.25) is 0 Å². The monoisotopic (exact) mass is 706 g/mol. The molecule has 1 aromatic heterocycles. The van der Waals surface area contributed by atoms with Gasteiger partial charge in [-0.3, -0.25) is 16.3 Å². The molecule has 0 spiro atoms. The number of hydrogen-bond donors (Lipinski definition) is 1. The van der Waals surface area contributed by atoms with E-state index in [0.717, 1.165) is 39.3 Å². The maximum absolute atomic E-state index is 13.7. The van der Waals surface area contributed by atoms with Gasteiger partial charge in [-0.2, -0.15) is 0 Å². The Morgan fingerprint density at radius 2 is 2.03 bits per heavy atom. The van der Waals surface area contributed by atoms with Gasteiger partial charge in [0.15, 0.2) is 0 Å². The first-order valence-electron chi connectivity index (χ1n) is 11.3. The average Bonchev–Trinajstić information content (AvgIpc) is 2.85. The van der Waals surface area contributed by atoms with Crippen LogP contribution in [0.1, 0.15) is 6.42 Å². The summed E-state index contributed by atoms with van der Waals surface area (Å²) in [5.74, 6) is 1.15. The predicted octanol–water partition coefficient (Wildman–Crippen LogP) is 3.64. The molecule has 184 valence electrons. The quantitative estimate of drug-likeness (QED) is 0.226. The van der Waals surface area contributed by atoms with Crippen LogP contribution in [-0.4, -0.2) is 74.6 Å². The van der Waals surface area contributed by atoms with Crippen molar-refractivity contribution >= 4 is 22.4 Å². The van der Waals surface area contributed by atoms with E-state index < -0.39 is 0 Å². The third kappa shape index (κ3) is 8.30. The third-order valence-corrected chi connectivity index (χ3v) is 5.31. The van der Waals surface area contributed by atoms with Crippen molar-refractivity contribution in [1.82, 2.24) is 14.9 Å². The molecule has 1 saturated heterocycles. The Morgan fingerprint density at radius 3 is 2.83 bits per heavy atom.